The highest BCUT2D eigenvalue weighted by Crippen LogP contribution is 2.43. The van der Waals surface area contributed by atoms with Crippen LogP contribution in [0.5, 0.6) is 11.5 Å². The molecule has 0 saturated carbocycles. The first-order valence-corrected chi connectivity index (χ1v) is 6.83. The number of anilines is 1. The van der Waals surface area contributed by atoms with Gasteiger partial charge in [0.1, 0.15) is 6.29 Å². The minimum atomic E-state index is -0.591. The van der Waals surface area contributed by atoms with E-state index in [4.69, 9.17) is 15.9 Å². The summed E-state index contributed by atoms with van der Waals surface area (Å²) in [6.07, 6.45) is 5.99. The summed E-state index contributed by atoms with van der Waals surface area (Å²) in [7, 11) is 0. The van der Waals surface area contributed by atoms with Gasteiger partial charge in [0.25, 0.3) is 5.91 Å². The molecule has 1 aliphatic heterocycles. The van der Waals surface area contributed by atoms with Crippen LogP contribution in [0.15, 0.2) is 12.1 Å². The first kappa shape index (κ1) is 14.9. The number of aldehydes is 1. The Hall–Kier alpha value is -2.48. The van der Waals surface area contributed by atoms with Gasteiger partial charge in [0.15, 0.2) is 17.6 Å². The largest absolute Gasteiger partial charge is 0.490 e. The van der Waals surface area contributed by atoms with Crippen molar-refractivity contribution in [2.75, 3.05) is 18.1 Å². The number of rotatable bonds is 5. The number of fused-ring (bicyclic) bond motifs is 1. The molecule has 0 N–H and O–H groups in total. The van der Waals surface area contributed by atoms with Crippen LogP contribution in [0, 0.1) is 12.3 Å². The van der Waals surface area contributed by atoms with Crippen molar-refractivity contribution in [1.82, 2.24) is 0 Å². The van der Waals surface area contributed by atoms with Gasteiger partial charge in [-0.15, -0.1) is 6.42 Å². The summed E-state index contributed by atoms with van der Waals surface area (Å²) in [6, 6.07) is 3.19. The Bertz CT molecular complexity index is 603. The lowest BCUT2D eigenvalue weighted by Gasteiger charge is -2.34. The zero-order valence-corrected chi connectivity index (χ0v) is 12.1. The lowest BCUT2D eigenvalue weighted by Crippen LogP contribution is -2.46. The Morgan fingerprint density at radius 1 is 1.48 bits per heavy atom. The number of terminal acetylenes is 1. The van der Waals surface area contributed by atoms with Crippen molar-refractivity contribution in [3.05, 3.63) is 17.7 Å². The third-order valence-corrected chi connectivity index (χ3v) is 3.21. The van der Waals surface area contributed by atoms with Crippen molar-refractivity contribution < 1.29 is 19.1 Å². The van der Waals surface area contributed by atoms with E-state index in [2.05, 4.69) is 5.92 Å². The van der Waals surface area contributed by atoms with Crippen molar-refractivity contribution in [3.63, 3.8) is 0 Å². The van der Waals surface area contributed by atoms with Crippen LogP contribution in [0.4, 0.5) is 5.69 Å². The van der Waals surface area contributed by atoms with E-state index in [1.807, 2.05) is 13.8 Å². The summed E-state index contributed by atoms with van der Waals surface area (Å²) in [5, 5.41) is 0. The summed E-state index contributed by atoms with van der Waals surface area (Å²) in [4.78, 5) is 24.9. The molecule has 2 rings (SSSR count). The van der Waals surface area contributed by atoms with Crippen molar-refractivity contribution in [2.45, 2.75) is 26.4 Å². The van der Waals surface area contributed by atoms with Crippen LogP contribution in [-0.2, 0) is 4.79 Å². The molecule has 1 amide bonds. The number of carbonyl (C=O) groups excluding carboxylic acids is 2. The molecule has 0 aromatic heterocycles. The van der Waals surface area contributed by atoms with Gasteiger partial charge in [0.2, 0.25) is 0 Å². The molecular formula is C16H17NO4. The van der Waals surface area contributed by atoms with E-state index >= 15 is 0 Å². The minimum Gasteiger partial charge on any atom is -0.490 e. The van der Waals surface area contributed by atoms with Crippen molar-refractivity contribution in [2.24, 2.45) is 0 Å². The predicted molar refractivity (Wildman–Crippen MR) is 78.9 cm³/mol. The fourth-order valence-electron chi connectivity index (χ4n) is 2.26. The quantitative estimate of drug-likeness (QED) is 0.614. The SMILES string of the molecule is C#CCN1C(=O)C(CC)Oc2c(OCC)cc(C=O)cc21. The van der Waals surface area contributed by atoms with Gasteiger partial charge in [-0.3, -0.25) is 14.5 Å². The Labute approximate surface area is 123 Å². The van der Waals surface area contributed by atoms with Crippen LogP contribution in [-0.4, -0.2) is 31.4 Å². The van der Waals surface area contributed by atoms with E-state index in [-0.39, 0.29) is 12.5 Å². The molecule has 1 heterocycles. The predicted octanol–water partition coefficient (Wildman–Crippen LogP) is 2.04. The highest BCUT2D eigenvalue weighted by atomic mass is 16.5. The van der Waals surface area contributed by atoms with Crippen LogP contribution >= 0.6 is 0 Å². The second-order valence-electron chi connectivity index (χ2n) is 4.56. The molecular weight excluding hydrogens is 270 g/mol. The Kier molecular flexibility index (Phi) is 4.49. The molecule has 0 radical (unpaired) electrons. The van der Waals surface area contributed by atoms with Crippen LogP contribution in [0.2, 0.25) is 0 Å². The third kappa shape index (κ3) is 2.70. The molecule has 1 unspecified atom stereocenters. The molecule has 0 fully saturated rings. The van der Waals surface area contributed by atoms with Crippen molar-refractivity contribution in [3.8, 4) is 23.8 Å². The van der Waals surface area contributed by atoms with E-state index in [0.717, 1.165) is 0 Å². The average molecular weight is 287 g/mol. The molecule has 0 aliphatic carbocycles. The summed E-state index contributed by atoms with van der Waals surface area (Å²) in [5.74, 6) is 3.17. The molecule has 5 nitrogen and oxygen atoms in total. The summed E-state index contributed by atoms with van der Waals surface area (Å²) in [5.41, 5.74) is 0.890. The fourth-order valence-corrected chi connectivity index (χ4v) is 2.26. The van der Waals surface area contributed by atoms with Gasteiger partial charge in [-0.1, -0.05) is 12.8 Å². The van der Waals surface area contributed by atoms with E-state index in [9.17, 15) is 9.59 Å². The molecule has 5 heteroatoms. The van der Waals surface area contributed by atoms with Gasteiger partial charge >= 0.3 is 0 Å². The summed E-state index contributed by atoms with van der Waals surface area (Å²) >= 11 is 0. The van der Waals surface area contributed by atoms with E-state index < -0.39 is 6.10 Å². The third-order valence-electron chi connectivity index (χ3n) is 3.21. The van der Waals surface area contributed by atoms with Gasteiger partial charge in [-0.2, -0.15) is 0 Å². The summed E-state index contributed by atoms with van der Waals surface area (Å²) in [6.45, 7) is 4.25. The Morgan fingerprint density at radius 2 is 2.24 bits per heavy atom. The molecule has 110 valence electrons. The van der Waals surface area contributed by atoms with Crippen molar-refractivity contribution >= 4 is 17.9 Å². The van der Waals surface area contributed by atoms with Gasteiger partial charge in [-0.05, 0) is 25.5 Å². The molecule has 0 saturated heterocycles. The second-order valence-corrected chi connectivity index (χ2v) is 4.56. The van der Waals surface area contributed by atoms with Crippen LogP contribution in [0.1, 0.15) is 30.6 Å². The van der Waals surface area contributed by atoms with Gasteiger partial charge < -0.3 is 9.47 Å². The molecule has 0 spiro atoms. The number of hydrogen-bond donors (Lipinski definition) is 0. The molecule has 1 aliphatic rings. The zero-order chi connectivity index (χ0) is 15.4. The zero-order valence-electron chi connectivity index (χ0n) is 12.1. The van der Waals surface area contributed by atoms with Crippen LogP contribution in [0.3, 0.4) is 0 Å². The number of benzene rings is 1. The molecule has 21 heavy (non-hydrogen) atoms. The van der Waals surface area contributed by atoms with Gasteiger partial charge in [0, 0.05) is 5.56 Å². The maximum atomic E-state index is 12.4. The maximum Gasteiger partial charge on any atom is 0.269 e. The normalized spacial score (nSPS) is 16.7. The molecule has 1 aromatic carbocycles. The fraction of sp³-hybridized carbons (Fsp3) is 0.375. The first-order chi connectivity index (χ1) is 10.2. The molecule has 1 atom stereocenters. The number of ether oxygens (including phenoxy) is 2. The Balaban J connectivity index is 2.60. The minimum absolute atomic E-state index is 0.125. The molecule has 1 aromatic rings. The maximum absolute atomic E-state index is 12.4. The number of carbonyl (C=O) groups is 2. The van der Waals surface area contributed by atoms with Crippen LogP contribution in [0.25, 0.3) is 0 Å². The van der Waals surface area contributed by atoms with Gasteiger partial charge in [-0.25, -0.2) is 0 Å². The van der Waals surface area contributed by atoms with E-state index in [1.54, 1.807) is 12.1 Å². The monoisotopic (exact) mass is 287 g/mol. The van der Waals surface area contributed by atoms with Crippen LogP contribution < -0.4 is 14.4 Å². The highest BCUT2D eigenvalue weighted by molar-refractivity contribution is 6.02. The average Bonchev–Trinajstić information content (AvgIpc) is 2.50. The standard InChI is InChI=1S/C16H17NO4/c1-4-7-17-12-8-11(10-18)9-14(20-6-3)15(12)21-13(5-2)16(17)19/h1,8-10,13H,5-7H2,2-3H3. The van der Waals surface area contributed by atoms with Crippen molar-refractivity contribution in [1.29, 1.82) is 0 Å². The van der Waals surface area contributed by atoms with E-state index in [1.165, 1.54) is 4.90 Å². The van der Waals surface area contributed by atoms with Gasteiger partial charge in [0.05, 0.1) is 18.8 Å². The lowest BCUT2D eigenvalue weighted by atomic mass is 10.1. The lowest BCUT2D eigenvalue weighted by molar-refractivity contribution is -0.126. The Morgan fingerprint density at radius 3 is 2.81 bits per heavy atom. The highest BCUT2D eigenvalue weighted by Gasteiger charge is 2.35. The summed E-state index contributed by atoms with van der Waals surface area (Å²) < 4.78 is 11.3. The smallest absolute Gasteiger partial charge is 0.269 e. The molecule has 0 bridgehead atoms. The first-order valence-electron chi connectivity index (χ1n) is 6.83. The number of hydrogen-bond acceptors (Lipinski definition) is 4. The number of nitrogens with zero attached hydrogens (tertiary/aromatic N) is 1. The second kappa shape index (κ2) is 6.31. The van der Waals surface area contributed by atoms with E-state index in [0.29, 0.717) is 42.1 Å². The number of amides is 1. The topological polar surface area (TPSA) is 55.8 Å².